The van der Waals surface area contributed by atoms with Gasteiger partial charge in [-0.3, -0.25) is 9.10 Å². The van der Waals surface area contributed by atoms with Crippen LogP contribution in [0.4, 0.5) is 5.69 Å². The lowest BCUT2D eigenvalue weighted by Crippen LogP contribution is -2.30. The first-order chi connectivity index (χ1) is 12.7. The highest BCUT2D eigenvalue weighted by Gasteiger charge is 2.20. The monoisotopic (exact) mass is 390 g/mol. The van der Waals surface area contributed by atoms with Crippen molar-refractivity contribution in [1.29, 1.82) is 0 Å². The van der Waals surface area contributed by atoms with E-state index >= 15 is 0 Å². The maximum Gasteiger partial charge on any atom is 0.252 e. The fourth-order valence-electron chi connectivity index (χ4n) is 2.88. The van der Waals surface area contributed by atoms with Gasteiger partial charge in [-0.1, -0.05) is 25.1 Å². The third-order valence-corrected chi connectivity index (χ3v) is 5.81. The molecule has 0 aliphatic heterocycles. The molecular weight excluding hydrogens is 364 g/mol. The zero-order valence-corrected chi connectivity index (χ0v) is 17.1. The van der Waals surface area contributed by atoms with Gasteiger partial charge >= 0.3 is 0 Å². The zero-order valence-electron chi connectivity index (χ0n) is 16.3. The van der Waals surface area contributed by atoms with Crippen LogP contribution in [-0.2, 0) is 10.0 Å². The number of hydrogen-bond donors (Lipinski definition) is 1. The van der Waals surface area contributed by atoms with Crippen LogP contribution in [0.15, 0.2) is 42.5 Å². The summed E-state index contributed by atoms with van der Waals surface area (Å²) in [5, 5.41) is 3.03. The summed E-state index contributed by atoms with van der Waals surface area (Å²) in [6, 6.07) is 12.5. The minimum atomic E-state index is -3.41. The lowest BCUT2D eigenvalue weighted by Gasteiger charge is -2.22. The maximum atomic E-state index is 12.9. The van der Waals surface area contributed by atoms with Crippen LogP contribution in [0.25, 0.3) is 0 Å². The minimum Gasteiger partial charge on any atom is -0.497 e. The van der Waals surface area contributed by atoms with Crippen molar-refractivity contribution in [3.05, 3.63) is 59.2 Å². The summed E-state index contributed by atoms with van der Waals surface area (Å²) in [6.07, 6.45) is 1.86. The lowest BCUT2D eigenvalue weighted by molar-refractivity contribution is 0.0935. The highest BCUT2D eigenvalue weighted by atomic mass is 32.2. The molecular formula is C20H26N2O4S. The maximum absolute atomic E-state index is 12.9. The van der Waals surface area contributed by atoms with Gasteiger partial charge in [0, 0.05) is 12.6 Å². The minimum absolute atomic E-state index is 0.154. The SMILES string of the molecule is CC[C@H](NC(=O)c1cccc(N(C)S(C)(=O)=O)c1C)c1ccc(OC)cc1. The molecule has 1 atom stereocenters. The number of amides is 1. The van der Waals surface area contributed by atoms with Gasteiger partial charge < -0.3 is 10.1 Å². The molecule has 146 valence electrons. The first-order valence-electron chi connectivity index (χ1n) is 8.67. The van der Waals surface area contributed by atoms with E-state index in [1.165, 1.54) is 11.4 Å². The van der Waals surface area contributed by atoms with Crippen molar-refractivity contribution >= 4 is 21.6 Å². The van der Waals surface area contributed by atoms with E-state index in [4.69, 9.17) is 4.74 Å². The summed E-state index contributed by atoms with van der Waals surface area (Å²) in [7, 11) is -0.322. The van der Waals surface area contributed by atoms with Crippen LogP contribution in [0.5, 0.6) is 5.75 Å². The molecule has 0 radical (unpaired) electrons. The fraction of sp³-hybridized carbons (Fsp3) is 0.350. The first kappa shape index (κ1) is 20.8. The summed E-state index contributed by atoms with van der Waals surface area (Å²) in [5.41, 5.74) is 2.54. The number of sulfonamides is 1. The van der Waals surface area contributed by atoms with Crippen molar-refractivity contribution < 1.29 is 17.9 Å². The predicted molar refractivity (Wildman–Crippen MR) is 108 cm³/mol. The molecule has 0 aliphatic carbocycles. The fourth-order valence-corrected chi connectivity index (χ4v) is 3.44. The van der Waals surface area contributed by atoms with Crippen molar-refractivity contribution in [3.8, 4) is 5.75 Å². The van der Waals surface area contributed by atoms with Crippen LogP contribution in [-0.4, -0.2) is 34.7 Å². The first-order valence-corrected chi connectivity index (χ1v) is 10.5. The number of benzene rings is 2. The van der Waals surface area contributed by atoms with Crippen LogP contribution >= 0.6 is 0 Å². The summed E-state index contributed by atoms with van der Waals surface area (Å²) in [5.74, 6) is 0.520. The average Bonchev–Trinajstić information content (AvgIpc) is 2.65. The number of ether oxygens (including phenoxy) is 1. The van der Waals surface area contributed by atoms with Crippen LogP contribution in [0.1, 0.15) is 40.9 Å². The molecule has 0 aromatic heterocycles. The lowest BCUT2D eigenvalue weighted by atomic mass is 10.0. The molecule has 0 unspecified atom stereocenters. The topological polar surface area (TPSA) is 75.7 Å². The Morgan fingerprint density at radius 2 is 1.81 bits per heavy atom. The van der Waals surface area contributed by atoms with Gasteiger partial charge in [-0.25, -0.2) is 8.42 Å². The molecule has 2 rings (SSSR count). The standard InChI is InChI=1S/C20H26N2O4S/c1-6-18(15-10-12-16(26-4)13-11-15)21-20(23)17-8-7-9-19(14(17)2)22(3)27(5,24)25/h7-13,18H,6H2,1-5H3,(H,21,23)/t18-/m0/s1. The summed E-state index contributed by atoms with van der Waals surface area (Å²) in [4.78, 5) is 12.9. The van der Waals surface area contributed by atoms with Crippen molar-refractivity contribution in [2.24, 2.45) is 0 Å². The van der Waals surface area contributed by atoms with Gasteiger partial charge in [-0.2, -0.15) is 0 Å². The number of methoxy groups -OCH3 is 1. The van der Waals surface area contributed by atoms with Gasteiger partial charge in [0.2, 0.25) is 10.0 Å². The molecule has 0 saturated carbocycles. The molecule has 0 bridgehead atoms. The van der Waals surface area contributed by atoms with Gasteiger partial charge in [-0.05, 0) is 48.7 Å². The van der Waals surface area contributed by atoms with Gasteiger partial charge in [0.25, 0.3) is 5.91 Å². The number of anilines is 1. The highest BCUT2D eigenvalue weighted by molar-refractivity contribution is 7.92. The van der Waals surface area contributed by atoms with Crippen LogP contribution < -0.4 is 14.4 Å². The molecule has 1 N–H and O–H groups in total. The summed E-state index contributed by atoms with van der Waals surface area (Å²) in [6.45, 7) is 3.75. The number of carbonyl (C=O) groups is 1. The Labute approximate surface area is 161 Å². The second-order valence-corrected chi connectivity index (χ2v) is 8.40. The Morgan fingerprint density at radius 3 is 2.33 bits per heavy atom. The number of hydrogen-bond acceptors (Lipinski definition) is 4. The Kier molecular flexibility index (Phi) is 6.49. The van der Waals surface area contributed by atoms with Crippen LogP contribution in [0, 0.1) is 6.92 Å². The second-order valence-electron chi connectivity index (χ2n) is 6.39. The number of rotatable bonds is 7. The van der Waals surface area contributed by atoms with E-state index in [0.29, 0.717) is 16.8 Å². The quantitative estimate of drug-likeness (QED) is 0.787. The molecule has 0 aliphatic rings. The van der Waals surface area contributed by atoms with Crippen molar-refractivity contribution in [1.82, 2.24) is 5.32 Å². The van der Waals surface area contributed by atoms with Gasteiger partial charge in [0.05, 0.1) is 25.1 Å². The Morgan fingerprint density at radius 1 is 1.19 bits per heavy atom. The number of nitrogens with one attached hydrogen (secondary N) is 1. The Balaban J connectivity index is 2.28. The molecule has 0 saturated heterocycles. The Hall–Kier alpha value is -2.54. The van der Waals surface area contributed by atoms with Gasteiger partial charge in [0.1, 0.15) is 5.75 Å². The molecule has 0 fully saturated rings. The highest BCUT2D eigenvalue weighted by Crippen LogP contribution is 2.25. The average molecular weight is 391 g/mol. The molecule has 6 nitrogen and oxygen atoms in total. The van der Waals surface area contributed by atoms with E-state index < -0.39 is 10.0 Å². The smallest absolute Gasteiger partial charge is 0.252 e. The largest absolute Gasteiger partial charge is 0.497 e. The number of carbonyl (C=O) groups excluding carboxylic acids is 1. The summed E-state index contributed by atoms with van der Waals surface area (Å²) >= 11 is 0. The van der Waals surface area contributed by atoms with E-state index in [0.717, 1.165) is 24.0 Å². The molecule has 2 aromatic rings. The van der Waals surface area contributed by atoms with E-state index in [1.807, 2.05) is 31.2 Å². The van der Waals surface area contributed by atoms with E-state index in [-0.39, 0.29) is 11.9 Å². The molecule has 2 aromatic carbocycles. The zero-order chi connectivity index (χ0) is 20.2. The van der Waals surface area contributed by atoms with Crippen molar-refractivity contribution in [2.45, 2.75) is 26.3 Å². The van der Waals surface area contributed by atoms with E-state index in [2.05, 4.69) is 5.32 Å². The van der Waals surface area contributed by atoms with Gasteiger partial charge in [0.15, 0.2) is 0 Å². The normalized spacial score (nSPS) is 12.3. The van der Waals surface area contributed by atoms with Crippen LogP contribution in [0.2, 0.25) is 0 Å². The molecule has 27 heavy (non-hydrogen) atoms. The summed E-state index contributed by atoms with van der Waals surface area (Å²) < 4.78 is 30.0. The molecule has 0 spiro atoms. The second kappa shape index (κ2) is 8.43. The molecule has 0 heterocycles. The van der Waals surface area contributed by atoms with Crippen LogP contribution in [0.3, 0.4) is 0 Å². The van der Waals surface area contributed by atoms with Gasteiger partial charge in [-0.15, -0.1) is 0 Å². The van der Waals surface area contributed by atoms with E-state index in [1.54, 1.807) is 32.2 Å². The third-order valence-electron chi connectivity index (χ3n) is 4.62. The molecule has 1 amide bonds. The van der Waals surface area contributed by atoms with Crippen molar-refractivity contribution in [3.63, 3.8) is 0 Å². The third kappa shape index (κ3) is 4.80. The Bertz CT molecular complexity index is 908. The van der Waals surface area contributed by atoms with E-state index in [9.17, 15) is 13.2 Å². The number of nitrogens with zero attached hydrogens (tertiary/aromatic N) is 1. The molecule has 7 heteroatoms. The van der Waals surface area contributed by atoms with Crippen molar-refractivity contribution in [2.75, 3.05) is 24.7 Å². The predicted octanol–water partition coefficient (Wildman–Crippen LogP) is 3.28.